The Morgan fingerprint density at radius 3 is 2.52 bits per heavy atom. The number of carbonyl (C=O) groups excluding carboxylic acids is 1. The van der Waals surface area contributed by atoms with Crippen molar-refractivity contribution < 1.29 is 9.18 Å². The van der Waals surface area contributed by atoms with Gasteiger partial charge in [-0.25, -0.2) is 19.2 Å². The van der Waals surface area contributed by atoms with E-state index in [0.29, 0.717) is 16.5 Å². The molecule has 0 radical (unpaired) electrons. The van der Waals surface area contributed by atoms with Gasteiger partial charge < -0.3 is 5.32 Å². The Morgan fingerprint density at radius 1 is 1.17 bits per heavy atom. The third-order valence-electron chi connectivity index (χ3n) is 4.69. The molecule has 150 valence electrons. The summed E-state index contributed by atoms with van der Waals surface area (Å²) < 4.78 is 15.3. The summed E-state index contributed by atoms with van der Waals surface area (Å²) in [6.45, 7) is 0. The van der Waals surface area contributed by atoms with E-state index in [2.05, 4.69) is 15.3 Å². The molecule has 0 aliphatic heterocycles. The molecule has 1 amide bonds. The number of rotatable bonds is 5. The Labute approximate surface area is 168 Å². The maximum Gasteiger partial charge on any atom is 0.332 e. The highest BCUT2D eigenvalue weighted by atomic mass is 32.2. The van der Waals surface area contributed by atoms with Crippen LogP contribution in [0.25, 0.3) is 11.0 Å². The van der Waals surface area contributed by atoms with Gasteiger partial charge in [0.2, 0.25) is 5.91 Å². The van der Waals surface area contributed by atoms with Crippen LogP contribution < -0.4 is 16.6 Å². The molecule has 4 rings (SSSR count). The molecule has 0 saturated heterocycles. The highest BCUT2D eigenvalue weighted by Gasteiger charge is 2.29. The molecule has 0 unspecified atom stereocenters. The van der Waals surface area contributed by atoms with Crippen molar-refractivity contribution in [2.24, 2.45) is 14.1 Å². The van der Waals surface area contributed by atoms with Gasteiger partial charge in [-0.05, 0) is 37.1 Å². The number of hydrogen-bond donors (Lipinski definition) is 1. The highest BCUT2D eigenvalue weighted by Crippen LogP contribution is 2.39. The summed E-state index contributed by atoms with van der Waals surface area (Å²) in [6.07, 6.45) is 1.92. The first-order chi connectivity index (χ1) is 13.8. The van der Waals surface area contributed by atoms with Crippen LogP contribution in [-0.2, 0) is 18.9 Å². The third kappa shape index (κ3) is 3.80. The van der Waals surface area contributed by atoms with Crippen molar-refractivity contribution in [3.05, 3.63) is 56.7 Å². The second-order valence-electron chi connectivity index (χ2n) is 6.91. The summed E-state index contributed by atoms with van der Waals surface area (Å²) in [4.78, 5) is 46.3. The summed E-state index contributed by atoms with van der Waals surface area (Å²) >= 11 is 1.11. The van der Waals surface area contributed by atoms with E-state index in [1.54, 1.807) is 7.05 Å². The molecular weight excluding hydrogens is 397 g/mol. The van der Waals surface area contributed by atoms with Gasteiger partial charge in [-0.3, -0.25) is 18.7 Å². The number of thioether (sulfide) groups is 1. The van der Waals surface area contributed by atoms with Gasteiger partial charge in [-0.15, -0.1) is 0 Å². The zero-order valence-electron chi connectivity index (χ0n) is 15.8. The zero-order chi connectivity index (χ0) is 20.7. The Bertz CT molecular complexity index is 1230. The SMILES string of the molecule is Cn1c(=O)c2c(SCC(=O)Nc3ccc(F)cc3)nc(C3CC3)nc2n(C)c1=O. The zero-order valence-corrected chi connectivity index (χ0v) is 16.6. The molecule has 2 heterocycles. The molecule has 0 atom stereocenters. The van der Waals surface area contributed by atoms with E-state index in [1.807, 2.05) is 0 Å². The summed E-state index contributed by atoms with van der Waals surface area (Å²) in [5.41, 5.74) is -0.210. The molecule has 29 heavy (non-hydrogen) atoms. The van der Waals surface area contributed by atoms with Crippen LogP contribution in [0, 0.1) is 5.82 Å². The number of fused-ring (bicyclic) bond motifs is 1. The largest absolute Gasteiger partial charge is 0.332 e. The quantitative estimate of drug-likeness (QED) is 0.504. The smallest absolute Gasteiger partial charge is 0.325 e. The number of anilines is 1. The molecule has 1 N–H and O–H groups in total. The van der Waals surface area contributed by atoms with E-state index in [1.165, 1.54) is 35.9 Å². The van der Waals surface area contributed by atoms with E-state index in [0.717, 1.165) is 29.2 Å². The molecule has 1 fully saturated rings. The Morgan fingerprint density at radius 2 is 1.86 bits per heavy atom. The number of halogens is 1. The normalized spacial score (nSPS) is 13.6. The molecule has 10 heteroatoms. The fourth-order valence-corrected chi connectivity index (χ4v) is 3.76. The molecule has 0 bridgehead atoms. The predicted molar refractivity (Wildman–Crippen MR) is 108 cm³/mol. The van der Waals surface area contributed by atoms with Crippen LogP contribution in [0.4, 0.5) is 10.1 Å². The summed E-state index contributed by atoms with van der Waals surface area (Å²) in [7, 11) is 2.96. The first kappa shape index (κ1) is 19.3. The number of hydrogen-bond acceptors (Lipinski definition) is 6. The molecule has 1 aliphatic rings. The van der Waals surface area contributed by atoms with Gasteiger partial charge in [0.25, 0.3) is 5.56 Å². The molecule has 1 aliphatic carbocycles. The molecule has 3 aromatic rings. The van der Waals surface area contributed by atoms with E-state index in [9.17, 15) is 18.8 Å². The lowest BCUT2D eigenvalue weighted by Crippen LogP contribution is -2.37. The Balaban J connectivity index is 1.67. The van der Waals surface area contributed by atoms with Crippen molar-refractivity contribution in [2.45, 2.75) is 23.8 Å². The standard InChI is InChI=1S/C19H18FN5O3S/c1-24-16-14(18(27)25(2)19(24)28)17(23-15(22-16)10-3-4-10)29-9-13(26)21-12-7-5-11(20)6-8-12/h5-8,10H,3-4,9H2,1-2H3,(H,21,26). The first-order valence-corrected chi connectivity index (χ1v) is 9.99. The Kier molecular flexibility index (Phi) is 4.95. The summed E-state index contributed by atoms with van der Waals surface area (Å²) in [5, 5.41) is 3.27. The number of benzene rings is 1. The number of amides is 1. The van der Waals surface area contributed by atoms with Crippen LogP contribution in [0.15, 0.2) is 38.9 Å². The van der Waals surface area contributed by atoms with Crippen molar-refractivity contribution in [1.29, 1.82) is 0 Å². The fourth-order valence-electron chi connectivity index (χ4n) is 2.94. The average molecular weight is 415 g/mol. The molecule has 1 aromatic carbocycles. The maximum absolute atomic E-state index is 13.0. The van der Waals surface area contributed by atoms with Crippen molar-refractivity contribution in [3.63, 3.8) is 0 Å². The van der Waals surface area contributed by atoms with E-state index in [4.69, 9.17) is 0 Å². The minimum atomic E-state index is -0.494. The number of nitrogens with zero attached hydrogens (tertiary/aromatic N) is 4. The number of aromatic nitrogens is 4. The van der Waals surface area contributed by atoms with Crippen molar-refractivity contribution in [3.8, 4) is 0 Å². The molecule has 8 nitrogen and oxygen atoms in total. The molecular formula is C19H18FN5O3S. The topological polar surface area (TPSA) is 98.9 Å². The van der Waals surface area contributed by atoms with Crippen molar-refractivity contribution in [2.75, 3.05) is 11.1 Å². The number of aryl methyl sites for hydroxylation is 1. The van der Waals surface area contributed by atoms with Gasteiger partial charge in [0, 0.05) is 25.7 Å². The van der Waals surface area contributed by atoms with Crippen molar-refractivity contribution >= 4 is 34.4 Å². The van der Waals surface area contributed by atoms with Gasteiger partial charge in [0.1, 0.15) is 22.1 Å². The average Bonchev–Trinajstić information content (AvgIpc) is 3.55. The second-order valence-corrected chi connectivity index (χ2v) is 7.87. The van der Waals surface area contributed by atoms with Crippen LogP contribution in [0.2, 0.25) is 0 Å². The maximum atomic E-state index is 13.0. The summed E-state index contributed by atoms with van der Waals surface area (Å²) in [6, 6.07) is 5.45. The van der Waals surface area contributed by atoms with Crippen LogP contribution in [0.5, 0.6) is 0 Å². The molecule has 1 saturated carbocycles. The van der Waals surface area contributed by atoms with Gasteiger partial charge in [-0.2, -0.15) is 0 Å². The third-order valence-corrected chi connectivity index (χ3v) is 5.67. The van der Waals surface area contributed by atoms with Gasteiger partial charge in [0.05, 0.1) is 5.75 Å². The lowest BCUT2D eigenvalue weighted by Gasteiger charge is -2.11. The Hall–Kier alpha value is -3.01. The van der Waals surface area contributed by atoms with Crippen molar-refractivity contribution in [1.82, 2.24) is 19.1 Å². The minimum Gasteiger partial charge on any atom is -0.325 e. The van der Waals surface area contributed by atoms with Crippen LogP contribution in [0.1, 0.15) is 24.6 Å². The first-order valence-electron chi connectivity index (χ1n) is 9.01. The highest BCUT2D eigenvalue weighted by molar-refractivity contribution is 8.00. The molecule has 2 aromatic heterocycles. The summed E-state index contributed by atoms with van der Waals surface area (Å²) in [5.74, 6) is 0.0922. The van der Waals surface area contributed by atoms with E-state index in [-0.39, 0.29) is 34.4 Å². The molecule has 0 spiro atoms. The second kappa shape index (κ2) is 7.43. The van der Waals surface area contributed by atoms with Gasteiger partial charge >= 0.3 is 5.69 Å². The number of nitrogens with one attached hydrogen (secondary N) is 1. The van der Waals surface area contributed by atoms with Crippen LogP contribution in [-0.4, -0.2) is 30.8 Å². The van der Waals surface area contributed by atoms with Gasteiger partial charge in [0.15, 0.2) is 5.65 Å². The fraction of sp³-hybridized carbons (Fsp3) is 0.316. The predicted octanol–water partition coefficient (Wildman–Crippen LogP) is 1.77. The number of carbonyl (C=O) groups is 1. The monoisotopic (exact) mass is 415 g/mol. The lowest BCUT2D eigenvalue weighted by molar-refractivity contribution is -0.113. The minimum absolute atomic E-state index is 0.000405. The van der Waals surface area contributed by atoms with E-state index < -0.39 is 11.2 Å². The van der Waals surface area contributed by atoms with E-state index >= 15 is 0 Å². The van der Waals surface area contributed by atoms with Crippen LogP contribution >= 0.6 is 11.8 Å². The van der Waals surface area contributed by atoms with Crippen LogP contribution in [0.3, 0.4) is 0 Å². The van der Waals surface area contributed by atoms with Gasteiger partial charge in [-0.1, -0.05) is 11.8 Å². The lowest BCUT2D eigenvalue weighted by atomic mass is 10.3.